The molecule has 2 aliphatic rings. The van der Waals surface area contributed by atoms with Crippen LogP contribution in [0, 0.1) is 5.92 Å². The van der Waals surface area contributed by atoms with Crippen molar-refractivity contribution < 1.29 is 10.0 Å². The number of benzene rings is 1. The fraction of sp³-hybridized carbons (Fsp3) is 0.444. The van der Waals surface area contributed by atoms with Gasteiger partial charge in [0.15, 0.2) is 0 Å². The van der Waals surface area contributed by atoms with E-state index in [0.29, 0.717) is 0 Å². The van der Waals surface area contributed by atoms with E-state index < -0.39 is 0 Å². The normalized spacial score (nSPS) is 26.0. The predicted octanol–water partition coefficient (Wildman–Crippen LogP) is 1.72. The van der Waals surface area contributed by atoms with Crippen LogP contribution in [0.25, 0.3) is 0 Å². The van der Waals surface area contributed by atoms with Crippen molar-refractivity contribution in [2.75, 3.05) is 13.1 Å². The Balaban J connectivity index is 1.63. The molecule has 1 aliphatic heterocycles. The summed E-state index contributed by atoms with van der Waals surface area (Å²) in [6.45, 7) is 6.01. The highest BCUT2D eigenvalue weighted by atomic mass is 16.5. The van der Waals surface area contributed by atoms with Gasteiger partial charge in [-0.15, -0.1) is 0 Å². The Labute approximate surface area is 141 Å². The van der Waals surface area contributed by atoms with Crippen LogP contribution in [0.5, 0.6) is 0 Å². The standard InChI is InChI=1S/C18H22N4O2/c1-2-21-8-9-22-10-13(19-14(22)11-21)16-15(17(16)18(23)20-24)12-6-4-3-5-7-12/h3-7,10,15-17,24H,2,8-9,11H2,1H3,(H,20,23)/t15-,16-,17-/m1/s1. The number of aromatic nitrogens is 2. The lowest BCUT2D eigenvalue weighted by molar-refractivity contribution is -0.130. The summed E-state index contributed by atoms with van der Waals surface area (Å²) in [7, 11) is 0. The lowest BCUT2D eigenvalue weighted by atomic mass is 10.1. The number of nitrogens with zero attached hydrogens (tertiary/aromatic N) is 3. The summed E-state index contributed by atoms with van der Waals surface area (Å²) in [6, 6.07) is 10.0. The van der Waals surface area contributed by atoms with E-state index >= 15 is 0 Å². The molecule has 4 rings (SSSR count). The first-order valence-corrected chi connectivity index (χ1v) is 8.50. The molecular weight excluding hydrogens is 304 g/mol. The Morgan fingerprint density at radius 3 is 2.79 bits per heavy atom. The van der Waals surface area contributed by atoms with Gasteiger partial charge < -0.3 is 4.57 Å². The molecule has 0 unspecified atom stereocenters. The largest absolute Gasteiger partial charge is 0.332 e. The van der Waals surface area contributed by atoms with Gasteiger partial charge in [0.25, 0.3) is 0 Å². The number of nitrogens with one attached hydrogen (secondary N) is 1. The van der Waals surface area contributed by atoms with Crippen LogP contribution in [0.1, 0.15) is 35.8 Å². The SMILES string of the molecule is CCN1CCn2cc([C@H]3[C@H](C(=O)NO)[C@@H]3c3ccccc3)nc2C1. The van der Waals surface area contributed by atoms with Gasteiger partial charge in [-0.3, -0.25) is 14.9 Å². The minimum atomic E-state index is -0.324. The van der Waals surface area contributed by atoms with Gasteiger partial charge in [-0.05, 0) is 12.1 Å². The van der Waals surface area contributed by atoms with Crippen molar-refractivity contribution >= 4 is 5.91 Å². The third-order valence-corrected chi connectivity index (χ3v) is 5.31. The Morgan fingerprint density at radius 1 is 1.29 bits per heavy atom. The molecule has 6 heteroatoms. The van der Waals surface area contributed by atoms with E-state index in [-0.39, 0.29) is 23.7 Å². The van der Waals surface area contributed by atoms with E-state index in [1.165, 1.54) is 0 Å². The number of hydrogen-bond acceptors (Lipinski definition) is 4. The van der Waals surface area contributed by atoms with Crippen molar-refractivity contribution in [1.29, 1.82) is 0 Å². The molecule has 0 radical (unpaired) electrons. The number of carbonyl (C=O) groups excluding carboxylic acids is 1. The summed E-state index contributed by atoms with van der Waals surface area (Å²) < 4.78 is 2.20. The lowest BCUT2D eigenvalue weighted by Gasteiger charge is -2.25. The molecule has 1 saturated carbocycles. The first-order valence-electron chi connectivity index (χ1n) is 8.50. The Kier molecular flexibility index (Phi) is 3.86. The molecule has 1 aromatic heterocycles. The molecule has 0 saturated heterocycles. The number of carbonyl (C=O) groups is 1. The van der Waals surface area contributed by atoms with Crippen LogP contribution in [-0.4, -0.2) is 38.7 Å². The van der Waals surface area contributed by atoms with Crippen LogP contribution in [0.2, 0.25) is 0 Å². The minimum absolute atomic E-state index is 0.0349. The molecule has 0 bridgehead atoms. The van der Waals surface area contributed by atoms with Crippen LogP contribution >= 0.6 is 0 Å². The van der Waals surface area contributed by atoms with Gasteiger partial charge in [0.1, 0.15) is 5.82 Å². The number of amides is 1. The fourth-order valence-corrected chi connectivity index (χ4v) is 3.92. The van der Waals surface area contributed by atoms with E-state index in [2.05, 4.69) is 22.6 Å². The van der Waals surface area contributed by atoms with Crippen LogP contribution in [0.15, 0.2) is 36.5 Å². The second kappa shape index (κ2) is 6.03. The molecule has 2 heterocycles. The maximum Gasteiger partial charge on any atom is 0.247 e. The maximum absolute atomic E-state index is 12.1. The molecule has 1 amide bonds. The van der Waals surface area contributed by atoms with Crippen molar-refractivity contribution in [3.05, 3.63) is 53.6 Å². The van der Waals surface area contributed by atoms with Crippen LogP contribution in [-0.2, 0) is 17.9 Å². The monoisotopic (exact) mass is 326 g/mol. The number of hydrogen-bond donors (Lipinski definition) is 2. The number of rotatable bonds is 4. The van der Waals surface area contributed by atoms with Gasteiger partial charge in [0.2, 0.25) is 5.91 Å². The average Bonchev–Trinajstić information content (AvgIpc) is 3.24. The van der Waals surface area contributed by atoms with Gasteiger partial charge in [-0.2, -0.15) is 0 Å². The molecule has 2 N–H and O–H groups in total. The molecule has 1 aromatic carbocycles. The van der Waals surface area contributed by atoms with E-state index in [1.807, 2.05) is 35.8 Å². The second-order valence-corrected chi connectivity index (χ2v) is 6.61. The molecule has 0 spiro atoms. The Morgan fingerprint density at radius 2 is 2.08 bits per heavy atom. The first-order chi connectivity index (χ1) is 11.7. The smallest absolute Gasteiger partial charge is 0.247 e. The van der Waals surface area contributed by atoms with Gasteiger partial charge in [-0.1, -0.05) is 37.3 Å². The summed E-state index contributed by atoms with van der Waals surface area (Å²) in [4.78, 5) is 19.3. The Hall–Kier alpha value is -2.18. The molecule has 1 fully saturated rings. The van der Waals surface area contributed by atoms with Crippen LogP contribution in [0.4, 0.5) is 0 Å². The van der Waals surface area contributed by atoms with E-state index in [4.69, 9.17) is 10.2 Å². The predicted molar refractivity (Wildman–Crippen MR) is 88.5 cm³/mol. The molecule has 126 valence electrons. The van der Waals surface area contributed by atoms with Gasteiger partial charge in [0.05, 0.1) is 18.2 Å². The molecule has 1 aliphatic carbocycles. The van der Waals surface area contributed by atoms with Gasteiger partial charge in [0, 0.05) is 31.1 Å². The van der Waals surface area contributed by atoms with Gasteiger partial charge >= 0.3 is 0 Å². The molecule has 24 heavy (non-hydrogen) atoms. The van der Waals surface area contributed by atoms with Crippen LogP contribution in [0.3, 0.4) is 0 Å². The first kappa shape index (κ1) is 15.4. The third-order valence-electron chi connectivity index (χ3n) is 5.31. The number of likely N-dealkylation sites (N-methyl/N-ethyl adjacent to an activating group) is 1. The zero-order valence-corrected chi connectivity index (χ0v) is 13.7. The fourth-order valence-electron chi connectivity index (χ4n) is 3.92. The average molecular weight is 326 g/mol. The number of imidazole rings is 1. The lowest BCUT2D eigenvalue weighted by Crippen LogP contribution is -2.33. The summed E-state index contributed by atoms with van der Waals surface area (Å²) in [5.41, 5.74) is 3.91. The maximum atomic E-state index is 12.1. The summed E-state index contributed by atoms with van der Waals surface area (Å²) >= 11 is 0. The van der Waals surface area contributed by atoms with Crippen molar-refractivity contribution in [3.8, 4) is 0 Å². The third kappa shape index (κ3) is 2.52. The summed E-state index contributed by atoms with van der Waals surface area (Å²) in [5, 5.41) is 9.07. The Bertz CT molecular complexity index is 743. The van der Waals surface area contributed by atoms with Crippen molar-refractivity contribution in [2.24, 2.45) is 5.92 Å². The summed E-state index contributed by atoms with van der Waals surface area (Å²) in [6.07, 6.45) is 2.09. The molecule has 3 atom stereocenters. The van der Waals surface area contributed by atoms with E-state index in [0.717, 1.165) is 43.3 Å². The topological polar surface area (TPSA) is 70.4 Å². The molecule has 2 aromatic rings. The zero-order valence-electron chi connectivity index (χ0n) is 13.7. The van der Waals surface area contributed by atoms with Crippen molar-refractivity contribution in [1.82, 2.24) is 19.9 Å². The highest BCUT2D eigenvalue weighted by molar-refractivity contribution is 5.84. The van der Waals surface area contributed by atoms with E-state index in [1.54, 1.807) is 0 Å². The number of fused-ring (bicyclic) bond motifs is 1. The molecule has 6 nitrogen and oxygen atoms in total. The van der Waals surface area contributed by atoms with Crippen molar-refractivity contribution in [2.45, 2.75) is 31.8 Å². The van der Waals surface area contributed by atoms with Crippen molar-refractivity contribution in [3.63, 3.8) is 0 Å². The highest BCUT2D eigenvalue weighted by Gasteiger charge is 2.57. The van der Waals surface area contributed by atoms with E-state index in [9.17, 15) is 4.79 Å². The quantitative estimate of drug-likeness (QED) is 0.663. The second-order valence-electron chi connectivity index (χ2n) is 6.61. The van der Waals surface area contributed by atoms with Crippen LogP contribution < -0.4 is 5.48 Å². The summed E-state index contributed by atoms with van der Waals surface area (Å²) in [5.74, 6) is 0.608. The van der Waals surface area contributed by atoms with Gasteiger partial charge in [-0.25, -0.2) is 10.5 Å². The highest BCUT2D eigenvalue weighted by Crippen LogP contribution is 2.60. The molecular formula is C18H22N4O2. The zero-order chi connectivity index (χ0) is 16.7. The number of hydroxylamine groups is 1. The minimum Gasteiger partial charge on any atom is -0.332 e.